The molecule has 3 aliphatic rings. The van der Waals surface area contributed by atoms with Crippen molar-refractivity contribution in [2.45, 2.75) is 88.7 Å². The summed E-state index contributed by atoms with van der Waals surface area (Å²) < 4.78 is 43.9. The minimum atomic E-state index is -4.45. The Labute approximate surface area is 363 Å². The van der Waals surface area contributed by atoms with E-state index in [-0.39, 0.29) is 66.9 Å². The van der Waals surface area contributed by atoms with Gasteiger partial charge in [0, 0.05) is 55.6 Å². The van der Waals surface area contributed by atoms with E-state index in [4.69, 9.17) is 9.26 Å². The van der Waals surface area contributed by atoms with Crippen LogP contribution in [0.2, 0.25) is 0 Å². The fourth-order valence-electron chi connectivity index (χ4n) is 8.74. The first kappa shape index (κ1) is 44.7. The predicted molar refractivity (Wildman–Crippen MR) is 232 cm³/mol. The predicted octanol–water partition coefficient (Wildman–Crippen LogP) is 6.82. The second kappa shape index (κ2) is 19.4. The van der Waals surface area contributed by atoms with E-state index in [0.29, 0.717) is 46.2 Å². The number of rotatable bonds is 14. The number of nitrogens with zero attached hydrogens (tertiary/aromatic N) is 4. The maximum Gasteiger partial charge on any atom is 0.355 e. The van der Waals surface area contributed by atoms with Crippen LogP contribution in [0.4, 0.5) is 4.39 Å². The summed E-state index contributed by atoms with van der Waals surface area (Å²) in [5, 5.41) is 16.1. The fourth-order valence-corrected chi connectivity index (χ4v) is 11.6. The molecule has 62 heavy (non-hydrogen) atoms. The van der Waals surface area contributed by atoms with Gasteiger partial charge in [-0.2, -0.15) is 5.26 Å². The third kappa shape index (κ3) is 9.65. The van der Waals surface area contributed by atoms with E-state index in [2.05, 4.69) is 16.5 Å². The highest BCUT2D eigenvalue weighted by molar-refractivity contribution is 7.57. The number of hydrogen-bond donors (Lipinski definition) is 2. The number of likely N-dealkylation sites (tertiary alicyclic amines) is 1. The van der Waals surface area contributed by atoms with Crippen LogP contribution in [0, 0.1) is 23.2 Å². The molecular formula is C45H52FN6O8PS. The molecule has 3 fully saturated rings. The molecule has 17 heteroatoms. The second-order valence-corrected chi connectivity index (χ2v) is 19.6. The normalized spacial score (nSPS) is 23.3. The topological polar surface area (TPSA) is 180 Å². The summed E-state index contributed by atoms with van der Waals surface area (Å²) in [5.41, 5.74) is 0.545. The zero-order valence-electron chi connectivity index (χ0n) is 35.0. The van der Waals surface area contributed by atoms with Crippen LogP contribution < -0.4 is 20.5 Å². The summed E-state index contributed by atoms with van der Waals surface area (Å²) in [6.07, 6.45) is 6.43. The molecule has 7 rings (SSSR count). The summed E-state index contributed by atoms with van der Waals surface area (Å²) in [4.78, 5) is 70.9. The molecule has 3 amide bonds. The van der Waals surface area contributed by atoms with Gasteiger partial charge >= 0.3 is 13.5 Å². The third-order valence-electron chi connectivity index (χ3n) is 12.1. The number of alkyl halides is 1. The third-order valence-corrected chi connectivity index (χ3v) is 15.3. The van der Waals surface area contributed by atoms with E-state index in [0.717, 1.165) is 19.3 Å². The lowest BCUT2D eigenvalue weighted by Crippen LogP contribution is -2.53. The molecule has 0 bridgehead atoms. The first-order valence-corrected chi connectivity index (χ1v) is 23.7. The van der Waals surface area contributed by atoms with Crippen LogP contribution in [-0.4, -0.2) is 82.4 Å². The lowest BCUT2D eigenvalue weighted by atomic mass is 9.91. The lowest BCUT2D eigenvalue weighted by Gasteiger charge is -2.36. The number of aryl methyl sites for hydroxylation is 1. The van der Waals surface area contributed by atoms with Crippen LogP contribution in [0.3, 0.4) is 0 Å². The molecule has 14 nitrogen and oxygen atoms in total. The van der Waals surface area contributed by atoms with Gasteiger partial charge in [0.25, 0.3) is 11.5 Å². The molecule has 328 valence electrons. The maximum absolute atomic E-state index is 16.5. The summed E-state index contributed by atoms with van der Waals surface area (Å²) in [6, 6.07) is 18.1. The highest BCUT2D eigenvalue weighted by atomic mass is 32.1. The van der Waals surface area contributed by atoms with Crippen molar-refractivity contribution in [3.8, 4) is 11.8 Å². The number of pyridine rings is 1. The van der Waals surface area contributed by atoms with Crippen LogP contribution in [-0.2, 0) is 30.7 Å². The SMILES string of the molecule is CCCOC(=O)[C@H](C)NP(=O)(Oc1ccccc1)C(F)c1ccc2sc(C(=O)NCC3CCCC[C@H]4CC[C@@H](C(=O)N5C[C@@H](C#N)[C@H](c6ccn(C)c(=O)c6)C5)N4C3=O)cc2c1. The molecule has 4 aromatic rings. The number of nitriles is 1. The van der Waals surface area contributed by atoms with E-state index >= 15 is 4.39 Å². The largest absolute Gasteiger partial charge is 0.465 e. The number of nitrogens with one attached hydrogen (secondary N) is 2. The molecule has 5 heterocycles. The minimum Gasteiger partial charge on any atom is -0.465 e. The van der Waals surface area contributed by atoms with Crippen LogP contribution in [0.5, 0.6) is 5.75 Å². The maximum atomic E-state index is 16.5. The van der Waals surface area contributed by atoms with Gasteiger partial charge in [-0.05, 0) is 91.9 Å². The first-order chi connectivity index (χ1) is 29.8. The average Bonchev–Trinajstić information content (AvgIpc) is 4.02. The van der Waals surface area contributed by atoms with Gasteiger partial charge in [-0.25, -0.2) is 9.48 Å². The van der Waals surface area contributed by atoms with Gasteiger partial charge in [-0.1, -0.05) is 44.0 Å². The summed E-state index contributed by atoms with van der Waals surface area (Å²) in [5.74, 6) is -4.89. The van der Waals surface area contributed by atoms with Crippen molar-refractivity contribution in [2.24, 2.45) is 18.9 Å². The van der Waals surface area contributed by atoms with E-state index in [1.165, 1.54) is 53.2 Å². The number of amides is 3. The highest BCUT2D eigenvalue weighted by Gasteiger charge is 2.47. The number of hydrogen-bond acceptors (Lipinski definition) is 10. The van der Waals surface area contributed by atoms with E-state index in [1.54, 1.807) is 53.4 Å². The lowest BCUT2D eigenvalue weighted by molar-refractivity contribution is -0.148. The summed E-state index contributed by atoms with van der Waals surface area (Å²) >= 11 is 1.19. The minimum absolute atomic E-state index is 0.0194. The molecule has 0 radical (unpaired) electrons. The van der Waals surface area contributed by atoms with E-state index in [1.807, 2.05) is 13.0 Å². The molecule has 2 N–H and O–H groups in total. The van der Waals surface area contributed by atoms with Crippen molar-refractivity contribution in [2.75, 3.05) is 26.2 Å². The number of carbonyl (C=O) groups excluding carboxylic acids is 4. The van der Waals surface area contributed by atoms with E-state index in [9.17, 15) is 33.8 Å². The number of carbonyl (C=O) groups is 4. The number of para-hydroxylation sites is 1. The zero-order chi connectivity index (χ0) is 44.1. The Balaban J connectivity index is 1.03. The Morgan fingerprint density at radius 2 is 1.79 bits per heavy atom. The standard InChI is InChI=1S/C45H52FN6O8PS/c1-4-20-59-45(57)28(2)49-61(58,60-35-12-6-5-7-13-35)41(46)30-14-17-38-32(21-30)22-39(62-38)42(54)48-25-31-10-8-9-11-34-15-16-37(52(34)43(31)55)44(56)51-26-33(24-47)36(27-51)29-18-19-50(3)40(53)23-29/h5-7,12-14,17-19,21-23,28,31,33-34,36-37,41H,4,8-11,15-16,20,25-27H2,1-3H3,(H,48,54)(H,49,58)/t28-,31?,33+,34-,36-,37-,41?,61?/m0/s1. The van der Waals surface area contributed by atoms with E-state index < -0.39 is 49.2 Å². The van der Waals surface area contributed by atoms with Crippen LogP contribution in [0.15, 0.2) is 77.7 Å². The molecule has 3 unspecified atom stereocenters. The van der Waals surface area contributed by atoms with Gasteiger partial charge in [0.2, 0.25) is 17.7 Å². The average molecular weight is 887 g/mol. The molecule has 2 aromatic carbocycles. The summed E-state index contributed by atoms with van der Waals surface area (Å²) in [7, 11) is -2.80. The first-order valence-electron chi connectivity index (χ1n) is 21.2. The van der Waals surface area contributed by atoms with Crippen LogP contribution in [0.1, 0.15) is 91.4 Å². The van der Waals surface area contributed by atoms with Gasteiger partial charge in [0.05, 0.1) is 29.4 Å². The van der Waals surface area contributed by atoms with Crippen molar-refractivity contribution in [1.82, 2.24) is 24.8 Å². The molecule has 8 atom stereocenters. The molecule has 3 aliphatic heterocycles. The van der Waals surface area contributed by atoms with Gasteiger partial charge in [-0.3, -0.25) is 28.5 Å². The Hall–Kier alpha value is -5.36. The monoisotopic (exact) mass is 886 g/mol. The number of benzene rings is 2. The Morgan fingerprint density at radius 3 is 2.53 bits per heavy atom. The molecule has 0 aliphatic carbocycles. The Kier molecular flexibility index (Phi) is 14.0. The van der Waals surface area contributed by atoms with Gasteiger partial charge in [0.15, 0.2) is 0 Å². The fraction of sp³-hybridized carbons (Fsp3) is 0.467. The number of fused-ring (bicyclic) bond motifs is 2. The molecule has 2 aromatic heterocycles. The van der Waals surface area contributed by atoms with Gasteiger partial charge in [-0.15, -0.1) is 11.3 Å². The van der Waals surface area contributed by atoms with Crippen molar-refractivity contribution in [3.05, 3.63) is 99.3 Å². The van der Waals surface area contributed by atoms with Crippen molar-refractivity contribution >= 4 is 52.6 Å². The van der Waals surface area contributed by atoms with Gasteiger partial charge in [0.1, 0.15) is 17.8 Å². The molecule has 0 saturated carbocycles. The number of esters is 1. The zero-order valence-corrected chi connectivity index (χ0v) is 36.7. The molecule has 0 spiro atoms. The number of thiophene rings is 1. The number of halogens is 1. The number of aromatic nitrogens is 1. The molecular weight excluding hydrogens is 835 g/mol. The van der Waals surface area contributed by atoms with Crippen LogP contribution >= 0.6 is 18.9 Å². The van der Waals surface area contributed by atoms with Crippen molar-refractivity contribution in [3.63, 3.8) is 0 Å². The Bertz CT molecular complexity index is 2460. The Morgan fingerprint density at radius 1 is 1.02 bits per heavy atom. The quantitative estimate of drug-likeness (QED) is 0.101. The van der Waals surface area contributed by atoms with Crippen LogP contribution in [0.25, 0.3) is 10.1 Å². The second-order valence-electron chi connectivity index (χ2n) is 16.4. The smallest absolute Gasteiger partial charge is 0.355 e. The highest BCUT2D eigenvalue weighted by Crippen LogP contribution is 2.58. The summed E-state index contributed by atoms with van der Waals surface area (Å²) in [6.45, 7) is 3.97. The van der Waals surface area contributed by atoms with Gasteiger partial charge < -0.3 is 28.9 Å². The van der Waals surface area contributed by atoms with Crippen molar-refractivity contribution in [1.29, 1.82) is 5.26 Å². The van der Waals surface area contributed by atoms with Crippen molar-refractivity contribution < 1.29 is 37.4 Å². The molecule has 3 saturated heterocycles. The number of ether oxygens (including phenoxy) is 1.